The Kier molecular flexibility index (Phi) is 4.45. The molecule has 30 heavy (non-hydrogen) atoms. The van der Waals surface area contributed by atoms with Gasteiger partial charge in [0.1, 0.15) is 11.2 Å². The topological polar surface area (TPSA) is 80.7 Å². The Balaban J connectivity index is 1.45. The van der Waals surface area contributed by atoms with E-state index in [1.54, 1.807) is 10.8 Å². The molecule has 2 aliphatic rings. The second-order valence-electron chi connectivity index (χ2n) is 8.38. The lowest BCUT2D eigenvalue weighted by molar-refractivity contribution is -0.129. The van der Waals surface area contributed by atoms with E-state index in [4.69, 9.17) is 0 Å². The van der Waals surface area contributed by atoms with Gasteiger partial charge in [0.25, 0.3) is 5.78 Å². The molecule has 1 amide bonds. The molecule has 4 aromatic rings. The summed E-state index contributed by atoms with van der Waals surface area (Å²) in [7, 11) is 0. The molecule has 0 spiro atoms. The van der Waals surface area contributed by atoms with Gasteiger partial charge in [0.2, 0.25) is 5.91 Å². The molecule has 4 aromatic heterocycles. The highest BCUT2D eigenvalue weighted by molar-refractivity contribution is 7.99. The number of aromatic nitrogens is 6. The molecule has 1 aliphatic carbocycles. The minimum Gasteiger partial charge on any atom is -0.342 e. The normalized spacial score (nSPS) is 19.8. The molecule has 0 saturated carbocycles. The molecule has 0 bridgehead atoms. The summed E-state index contributed by atoms with van der Waals surface area (Å²) >= 11 is 3.30. The lowest BCUT2D eigenvalue weighted by Crippen LogP contribution is -2.36. The maximum absolute atomic E-state index is 12.7. The molecule has 8 nitrogen and oxygen atoms in total. The van der Waals surface area contributed by atoms with Gasteiger partial charge in [-0.2, -0.15) is 9.61 Å². The number of likely N-dealkylation sites (tertiary alicyclic amines) is 1. The number of carbonyl (C=O) groups excluding carboxylic acids is 1. The SMILES string of the molecule is CC1CCc2c(sc3c2c2ncnn2c2nnc(SCC(=O)N4CCCCC4)n32)C1. The molecule has 1 fully saturated rings. The van der Waals surface area contributed by atoms with E-state index in [1.165, 1.54) is 40.4 Å². The van der Waals surface area contributed by atoms with Crippen molar-refractivity contribution in [3.8, 4) is 0 Å². The Morgan fingerprint density at radius 3 is 3.00 bits per heavy atom. The van der Waals surface area contributed by atoms with Crippen LogP contribution in [0.5, 0.6) is 0 Å². The van der Waals surface area contributed by atoms with Crippen LogP contribution in [0.15, 0.2) is 11.5 Å². The van der Waals surface area contributed by atoms with Gasteiger partial charge in [-0.05, 0) is 50.0 Å². The van der Waals surface area contributed by atoms with Crippen molar-refractivity contribution in [2.75, 3.05) is 18.8 Å². The number of thiophene rings is 1. The smallest absolute Gasteiger partial charge is 0.260 e. The first kappa shape index (κ1) is 18.6. The summed E-state index contributed by atoms with van der Waals surface area (Å²) in [5.74, 6) is 1.94. The van der Waals surface area contributed by atoms with Crippen LogP contribution in [0.1, 0.15) is 43.0 Å². The van der Waals surface area contributed by atoms with Gasteiger partial charge in [0.15, 0.2) is 10.8 Å². The quantitative estimate of drug-likeness (QED) is 0.454. The number of piperidine rings is 1. The van der Waals surface area contributed by atoms with Crippen LogP contribution in [-0.4, -0.2) is 58.8 Å². The summed E-state index contributed by atoms with van der Waals surface area (Å²) < 4.78 is 3.87. The summed E-state index contributed by atoms with van der Waals surface area (Å²) in [6.07, 6.45) is 8.40. The van der Waals surface area contributed by atoms with E-state index in [2.05, 4.69) is 31.6 Å². The summed E-state index contributed by atoms with van der Waals surface area (Å²) in [4.78, 5) is 21.8. The van der Waals surface area contributed by atoms with Crippen molar-refractivity contribution in [2.45, 2.75) is 50.6 Å². The molecule has 0 radical (unpaired) electrons. The van der Waals surface area contributed by atoms with E-state index in [0.29, 0.717) is 17.4 Å². The molecular weight excluding hydrogens is 418 g/mol. The second-order valence-corrected chi connectivity index (χ2v) is 10.4. The molecule has 0 N–H and O–H groups in total. The van der Waals surface area contributed by atoms with Crippen LogP contribution in [0.2, 0.25) is 0 Å². The molecule has 0 aromatic carbocycles. The maximum Gasteiger partial charge on any atom is 0.260 e. The van der Waals surface area contributed by atoms with E-state index in [9.17, 15) is 4.79 Å². The van der Waals surface area contributed by atoms with Crippen molar-refractivity contribution in [1.29, 1.82) is 0 Å². The number of carbonyl (C=O) groups is 1. The first-order valence-corrected chi connectivity index (χ1v) is 12.4. The number of rotatable bonds is 3. The van der Waals surface area contributed by atoms with Gasteiger partial charge < -0.3 is 4.90 Å². The van der Waals surface area contributed by atoms with Crippen LogP contribution in [0.4, 0.5) is 0 Å². The predicted molar refractivity (Wildman–Crippen MR) is 117 cm³/mol. The first-order valence-electron chi connectivity index (χ1n) is 10.6. The lowest BCUT2D eigenvalue weighted by Gasteiger charge is -2.26. The molecule has 1 atom stereocenters. The zero-order valence-corrected chi connectivity index (χ0v) is 18.5. The van der Waals surface area contributed by atoms with E-state index < -0.39 is 0 Å². The molecule has 1 unspecified atom stereocenters. The van der Waals surface area contributed by atoms with Crippen molar-refractivity contribution in [2.24, 2.45) is 5.92 Å². The number of hydrogen-bond donors (Lipinski definition) is 0. The van der Waals surface area contributed by atoms with E-state index >= 15 is 0 Å². The average Bonchev–Trinajstić information content (AvgIpc) is 3.47. The highest BCUT2D eigenvalue weighted by Gasteiger charge is 2.27. The van der Waals surface area contributed by atoms with Crippen molar-refractivity contribution in [1.82, 2.24) is 34.1 Å². The van der Waals surface area contributed by atoms with Crippen LogP contribution in [-0.2, 0) is 17.6 Å². The molecule has 10 heteroatoms. The van der Waals surface area contributed by atoms with Gasteiger partial charge in [-0.25, -0.2) is 9.38 Å². The second kappa shape index (κ2) is 7.19. The van der Waals surface area contributed by atoms with Gasteiger partial charge >= 0.3 is 0 Å². The summed E-state index contributed by atoms with van der Waals surface area (Å²) in [5.41, 5.74) is 2.26. The fourth-order valence-corrected chi connectivity index (χ4v) is 7.11. The zero-order valence-electron chi connectivity index (χ0n) is 16.9. The third-order valence-electron chi connectivity index (χ3n) is 6.31. The highest BCUT2D eigenvalue weighted by Crippen LogP contribution is 2.40. The molecule has 1 aliphatic heterocycles. The van der Waals surface area contributed by atoms with E-state index in [-0.39, 0.29) is 5.91 Å². The van der Waals surface area contributed by atoms with E-state index in [1.807, 2.05) is 16.2 Å². The van der Waals surface area contributed by atoms with Crippen LogP contribution >= 0.6 is 23.1 Å². The molecular formula is C20H23N7OS2. The minimum atomic E-state index is 0.189. The molecule has 1 saturated heterocycles. The number of thioether (sulfide) groups is 1. The summed E-state index contributed by atoms with van der Waals surface area (Å²) in [6.45, 7) is 4.07. The van der Waals surface area contributed by atoms with Gasteiger partial charge in [0.05, 0.1) is 11.1 Å². The van der Waals surface area contributed by atoms with Crippen LogP contribution in [0, 0.1) is 5.92 Å². The largest absolute Gasteiger partial charge is 0.342 e. The van der Waals surface area contributed by atoms with Gasteiger partial charge in [-0.1, -0.05) is 18.7 Å². The molecule has 5 heterocycles. The van der Waals surface area contributed by atoms with Crippen LogP contribution in [0.3, 0.4) is 0 Å². The first-order chi connectivity index (χ1) is 14.7. The number of fused-ring (bicyclic) bond motifs is 8. The predicted octanol–water partition coefficient (Wildman–Crippen LogP) is 3.22. The number of aryl methyl sites for hydroxylation is 1. The van der Waals surface area contributed by atoms with Crippen molar-refractivity contribution >= 4 is 50.6 Å². The Hall–Kier alpha value is -2.20. The van der Waals surface area contributed by atoms with Crippen LogP contribution < -0.4 is 0 Å². The Morgan fingerprint density at radius 1 is 1.27 bits per heavy atom. The van der Waals surface area contributed by atoms with Gasteiger partial charge in [0, 0.05) is 18.0 Å². The zero-order chi connectivity index (χ0) is 20.2. The summed E-state index contributed by atoms with van der Waals surface area (Å²) in [5, 5.41) is 15.2. The monoisotopic (exact) mass is 441 g/mol. The lowest BCUT2D eigenvalue weighted by atomic mass is 9.89. The fraction of sp³-hybridized carbons (Fsp3) is 0.550. The Morgan fingerprint density at radius 2 is 2.13 bits per heavy atom. The van der Waals surface area contributed by atoms with Crippen molar-refractivity contribution in [3.05, 3.63) is 16.8 Å². The summed E-state index contributed by atoms with van der Waals surface area (Å²) in [6, 6.07) is 0. The standard InChI is InChI=1S/C20H23N7OS2/c1-12-5-6-13-14(9-12)30-18-16(13)17-21-11-22-27(17)19-23-24-20(26(18)19)29-10-15(28)25-7-3-2-4-8-25/h11-12H,2-10H2,1H3. The number of nitrogens with zero attached hydrogens (tertiary/aromatic N) is 7. The minimum absolute atomic E-state index is 0.189. The Labute approximate surface area is 181 Å². The third-order valence-corrected chi connectivity index (χ3v) is 8.46. The fourth-order valence-electron chi connectivity index (χ4n) is 4.71. The number of hydrogen-bond acceptors (Lipinski definition) is 7. The highest BCUT2D eigenvalue weighted by atomic mass is 32.2. The molecule has 156 valence electrons. The van der Waals surface area contributed by atoms with Crippen molar-refractivity contribution in [3.63, 3.8) is 0 Å². The third kappa shape index (κ3) is 2.84. The Bertz CT molecular complexity index is 1270. The molecule has 6 rings (SSSR count). The average molecular weight is 442 g/mol. The van der Waals surface area contributed by atoms with Crippen LogP contribution in [0.25, 0.3) is 21.6 Å². The maximum atomic E-state index is 12.7. The van der Waals surface area contributed by atoms with Gasteiger partial charge in [-0.3, -0.25) is 4.79 Å². The van der Waals surface area contributed by atoms with Crippen molar-refractivity contribution < 1.29 is 4.79 Å². The number of amides is 1. The van der Waals surface area contributed by atoms with E-state index in [0.717, 1.165) is 54.4 Å². The van der Waals surface area contributed by atoms with Gasteiger partial charge in [-0.15, -0.1) is 21.5 Å².